The number of methoxy groups -OCH3 is 1. The first-order valence-corrected chi connectivity index (χ1v) is 8.75. The van der Waals surface area contributed by atoms with Crippen LogP contribution in [0.2, 0.25) is 0 Å². The van der Waals surface area contributed by atoms with Crippen molar-refractivity contribution in [1.29, 1.82) is 0 Å². The molecule has 122 valence electrons. The largest absolute Gasteiger partial charge is 0.496 e. The van der Waals surface area contributed by atoms with E-state index < -0.39 is 0 Å². The van der Waals surface area contributed by atoms with Gasteiger partial charge in [-0.1, -0.05) is 30.3 Å². The third kappa shape index (κ3) is 5.99. The summed E-state index contributed by atoms with van der Waals surface area (Å²) < 4.78 is 5.25. The summed E-state index contributed by atoms with van der Waals surface area (Å²) in [4.78, 5) is 13.1. The molecule has 1 N–H and O–H groups in total. The van der Waals surface area contributed by atoms with E-state index in [1.807, 2.05) is 37.3 Å². The Morgan fingerprint density at radius 1 is 1.17 bits per heavy atom. The van der Waals surface area contributed by atoms with Gasteiger partial charge in [0.15, 0.2) is 0 Å². The monoisotopic (exact) mass is 329 g/mol. The summed E-state index contributed by atoms with van der Waals surface area (Å²) in [5.74, 6) is 1.88. The summed E-state index contributed by atoms with van der Waals surface area (Å²) in [7, 11) is 1.67. The van der Waals surface area contributed by atoms with E-state index in [4.69, 9.17) is 4.74 Å². The SMILES string of the molecule is COc1ccc(CCC(=O)NCCSc2ccccc2)cc1C. The van der Waals surface area contributed by atoms with Crippen LogP contribution in [0, 0.1) is 6.92 Å². The molecule has 0 saturated heterocycles. The van der Waals surface area contributed by atoms with Gasteiger partial charge < -0.3 is 10.1 Å². The van der Waals surface area contributed by atoms with Crippen molar-refractivity contribution in [2.24, 2.45) is 0 Å². The van der Waals surface area contributed by atoms with E-state index in [9.17, 15) is 4.79 Å². The van der Waals surface area contributed by atoms with Crippen LogP contribution >= 0.6 is 11.8 Å². The van der Waals surface area contributed by atoms with Crippen molar-refractivity contribution in [2.45, 2.75) is 24.7 Å². The van der Waals surface area contributed by atoms with E-state index in [0.29, 0.717) is 13.0 Å². The number of carbonyl (C=O) groups is 1. The molecule has 0 aromatic heterocycles. The lowest BCUT2D eigenvalue weighted by molar-refractivity contribution is -0.120. The van der Waals surface area contributed by atoms with Crippen molar-refractivity contribution < 1.29 is 9.53 Å². The average molecular weight is 329 g/mol. The molecule has 0 unspecified atom stereocenters. The third-order valence-corrected chi connectivity index (χ3v) is 4.55. The van der Waals surface area contributed by atoms with Crippen LogP contribution in [0.15, 0.2) is 53.4 Å². The zero-order valence-corrected chi connectivity index (χ0v) is 14.5. The van der Waals surface area contributed by atoms with E-state index >= 15 is 0 Å². The molecule has 0 bridgehead atoms. The molecule has 0 fully saturated rings. The molecule has 0 heterocycles. The molecule has 0 aliphatic rings. The van der Waals surface area contributed by atoms with Gasteiger partial charge in [0.2, 0.25) is 5.91 Å². The van der Waals surface area contributed by atoms with Crippen LogP contribution in [0.5, 0.6) is 5.75 Å². The van der Waals surface area contributed by atoms with E-state index in [2.05, 4.69) is 23.5 Å². The fourth-order valence-corrected chi connectivity index (χ4v) is 3.11. The molecule has 0 spiro atoms. The molecule has 2 aromatic carbocycles. The minimum absolute atomic E-state index is 0.104. The zero-order valence-electron chi connectivity index (χ0n) is 13.7. The average Bonchev–Trinajstić information content (AvgIpc) is 2.58. The Morgan fingerprint density at radius 3 is 2.65 bits per heavy atom. The number of nitrogens with one attached hydrogen (secondary N) is 1. The van der Waals surface area contributed by atoms with Gasteiger partial charge >= 0.3 is 0 Å². The summed E-state index contributed by atoms with van der Waals surface area (Å²) in [6.07, 6.45) is 1.27. The maximum Gasteiger partial charge on any atom is 0.220 e. The Balaban J connectivity index is 1.66. The molecule has 1 amide bonds. The van der Waals surface area contributed by atoms with E-state index in [-0.39, 0.29) is 5.91 Å². The highest BCUT2D eigenvalue weighted by Gasteiger charge is 2.04. The van der Waals surface area contributed by atoms with Crippen LogP contribution in [0.4, 0.5) is 0 Å². The molecule has 2 rings (SSSR count). The van der Waals surface area contributed by atoms with Crippen molar-refractivity contribution in [1.82, 2.24) is 5.32 Å². The lowest BCUT2D eigenvalue weighted by Crippen LogP contribution is -2.25. The van der Waals surface area contributed by atoms with Gasteiger partial charge in [0, 0.05) is 23.6 Å². The van der Waals surface area contributed by atoms with Crippen LogP contribution in [0.3, 0.4) is 0 Å². The molecule has 0 saturated carbocycles. The number of hydrogen-bond donors (Lipinski definition) is 1. The summed E-state index contributed by atoms with van der Waals surface area (Å²) in [5.41, 5.74) is 2.27. The van der Waals surface area contributed by atoms with Crippen LogP contribution in [-0.2, 0) is 11.2 Å². The van der Waals surface area contributed by atoms with Crippen LogP contribution < -0.4 is 10.1 Å². The highest BCUT2D eigenvalue weighted by molar-refractivity contribution is 7.99. The smallest absolute Gasteiger partial charge is 0.220 e. The van der Waals surface area contributed by atoms with Crippen LogP contribution in [0.1, 0.15) is 17.5 Å². The highest BCUT2D eigenvalue weighted by atomic mass is 32.2. The maximum atomic E-state index is 11.9. The first kappa shape index (κ1) is 17.4. The zero-order chi connectivity index (χ0) is 16.5. The topological polar surface area (TPSA) is 38.3 Å². The fourth-order valence-electron chi connectivity index (χ4n) is 2.32. The predicted molar refractivity (Wildman–Crippen MR) is 96.2 cm³/mol. The maximum absolute atomic E-state index is 11.9. The molecule has 0 aliphatic heterocycles. The van der Waals surface area contributed by atoms with Gasteiger partial charge in [-0.3, -0.25) is 4.79 Å². The number of benzene rings is 2. The summed E-state index contributed by atoms with van der Waals surface area (Å²) in [6.45, 7) is 2.71. The van der Waals surface area contributed by atoms with Crippen molar-refractivity contribution >= 4 is 17.7 Å². The van der Waals surface area contributed by atoms with Gasteiger partial charge in [-0.05, 0) is 42.7 Å². The number of rotatable bonds is 8. The van der Waals surface area contributed by atoms with Gasteiger partial charge in [0.25, 0.3) is 0 Å². The normalized spacial score (nSPS) is 10.3. The summed E-state index contributed by atoms with van der Waals surface area (Å²) >= 11 is 1.75. The number of amides is 1. The Bertz CT molecular complexity index is 629. The minimum Gasteiger partial charge on any atom is -0.496 e. The van der Waals surface area contributed by atoms with Gasteiger partial charge in [-0.15, -0.1) is 11.8 Å². The molecular formula is C19H23NO2S. The second-order valence-electron chi connectivity index (χ2n) is 5.32. The van der Waals surface area contributed by atoms with Crippen molar-refractivity contribution in [3.8, 4) is 5.75 Å². The Morgan fingerprint density at radius 2 is 1.96 bits per heavy atom. The van der Waals surface area contributed by atoms with Crippen molar-refractivity contribution in [3.63, 3.8) is 0 Å². The molecular weight excluding hydrogens is 306 g/mol. The van der Waals surface area contributed by atoms with E-state index in [1.165, 1.54) is 4.90 Å². The number of ether oxygens (including phenoxy) is 1. The standard InChI is InChI=1S/C19H23NO2S/c1-15-14-16(8-10-18(15)22-2)9-11-19(21)20-12-13-23-17-6-4-3-5-7-17/h3-8,10,14H,9,11-13H2,1-2H3,(H,20,21). The van der Waals surface area contributed by atoms with Crippen molar-refractivity contribution in [2.75, 3.05) is 19.4 Å². The number of aryl methyl sites for hydroxylation is 2. The Kier molecular flexibility index (Phi) is 7.01. The van der Waals surface area contributed by atoms with Gasteiger partial charge in [0.1, 0.15) is 5.75 Å². The number of hydrogen-bond acceptors (Lipinski definition) is 3. The summed E-state index contributed by atoms with van der Waals surface area (Å²) in [5, 5.41) is 2.98. The van der Waals surface area contributed by atoms with E-state index in [0.717, 1.165) is 29.1 Å². The molecule has 23 heavy (non-hydrogen) atoms. The van der Waals surface area contributed by atoms with Crippen LogP contribution in [0.25, 0.3) is 0 Å². The molecule has 0 aliphatic carbocycles. The van der Waals surface area contributed by atoms with Gasteiger partial charge in [-0.25, -0.2) is 0 Å². The quantitative estimate of drug-likeness (QED) is 0.590. The molecule has 0 radical (unpaired) electrons. The second kappa shape index (κ2) is 9.26. The Hall–Kier alpha value is -1.94. The van der Waals surface area contributed by atoms with Crippen LogP contribution in [-0.4, -0.2) is 25.3 Å². The van der Waals surface area contributed by atoms with Gasteiger partial charge in [0.05, 0.1) is 7.11 Å². The second-order valence-corrected chi connectivity index (χ2v) is 6.48. The molecule has 4 heteroatoms. The lowest BCUT2D eigenvalue weighted by atomic mass is 10.1. The Labute approximate surface area is 142 Å². The first-order chi connectivity index (χ1) is 11.2. The number of thioether (sulfide) groups is 1. The lowest BCUT2D eigenvalue weighted by Gasteiger charge is -2.08. The van der Waals surface area contributed by atoms with E-state index in [1.54, 1.807) is 18.9 Å². The molecule has 2 aromatic rings. The summed E-state index contributed by atoms with van der Waals surface area (Å²) in [6, 6.07) is 16.3. The van der Waals surface area contributed by atoms with Crippen molar-refractivity contribution in [3.05, 3.63) is 59.7 Å². The predicted octanol–water partition coefficient (Wildman–Crippen LogP) is 3.84. The first-order valence-electron chi connectivity index (χ1n) is 7.77. The highest BCUT2D eigenvalue weighted by Crippen LogP contribution is 2.19. The molecule has 0 atom stereocenters. The number of carbonyl (C=O) groups excluding carboxylic acids is 1. The third-order valence-electron chi connectivity index (χ3n) is 3.54. The fraction of sp³-hybridized carbons (Fsp3) is 0.316. The van der Waals surface area contributed by atoms with Gasteiger partial charge in [-0.2, -0.15) is 0 Å². The minimum atomic E-state index is 0.104. The molecule has 3 nitrogen and oxygen atoms in total.